The fourth-order valence-corrected chi connectivity index (χ4v) is 2.93. The van der Waals surface area contributed by atoms with Crippen molar-refractivity contribution < 1.29 is 0 Å². The van der Waals surface area contributed by atoms with E-state index in [9.17, 15) is 0 Å². The fraction of sp³-hybridized carbons (Fsp3) is 1.00. The average molecular weight is 202 g/mol. The van der Waals surface area contributed by atoms with Gasteiger partial charge in [0.2, 0.25) is 0 Å². The Kier molecular flexibility index (Phi) is 3.15. The molecule has 2 rings (SSSR count). The Morgan fingerprint density at radius 1 is 1.15 bits per heavy atom. The van der Waals surface area contributed by atoms with E-state index in [0.29, 0.717) is 11.3 Å². The summed E-state index contributed by atoms with van der Waals surface area (Å²) < 4.78 is 0. The second-order valence-corrected chi connectivity index (χ2v) is 5.28. The number of rotatable bonds is 1. The fourth-order valence-electron chi connectivity index (χ4n) is 2.75. The highest BCUT2D eigenvalue weighted by atomic mass is 35.5. The normalized spacial score (nSPS) is 38.3. The van der Waals surface area contributed by atoms with Crippen molar-refractivity contribution in [3.63, 3.8) is 0 Å². The van der Waals surface area contributed by atoms with E-state index in [0.717, 1.165) is 6.04 Å². The van der Waals surface area contributed by atoms with Crippen molar-refractivity contribution in [1.29, 1.82) is 0 Å². The average Bonchev–Trinajstić information content (AvgIpc) is 2.62. The number of nitrogens with zero attached hydrogens (tertiary/aromatic N) is 1. The summed E-state index contributed by atoms with van der Waals surface area (Å²) in [5.74, 6) is 0.691. The maximum Gasteiger partial charge on any atom is 0.0386 e. The molecule has 0 aromatic heterocycles. The zero-order valence-electron chi connectivity index (χ0n) is 8.51. The first kappa shape index (κ1) is 9.79. The summed E-state index contributed by atoms with van der Waals surface area (Å²) in [5.41, 5.74) is 0. The molecule has 2 unspecified atom stereocenters. The molecule has 2 aliphatic rings. The number of alkyl halides is 1. The minimum Gasteiger partial charge on any atom is -0.300 e. The first-order valence-electron chi connectivity index (χ1n) is 5.65. The lowest BCUT2D eigenvalue weighted by Gasteiger charge is -2.37. The predicted molar refractivity (Wildman–Crippen MR) is 57.3 cm³/mol. The Balaban J connectivity index is 1.87. The van der Waals surface area contributed by atoms with Crippen LogP contribution in [0.2, 0.25) is 0 Å². The van der Waals surface area contributed by atoms with Crippen molar-refractivity contribution in [2.45, 2.75) is 50.4 Å². The minimum absolute atomic E-state index is 0.428. The van der Waals surface area contributed by atoms with Crippen molar-refractivity contribution in [2.75, 3.05) is 13.1 Å². The number of hydrogen-bond donors (Lipinski definition) is 0. The highest BCUT2D eigenvalue weighted by Crippen LogP contribution is 2.29. The molecule has 0 spiro atoms. The van der Waals surface area contributed by atoms with Gasteiger partial charge in [-0.25, -0.2) is 0 Å². The molecule has 0 aromatic rings. The molecule has 0 radical (unpaired) electrons. The molecular weight excluding hydrogens is 182 g/mol. The molecular formula is C11H20ClN. The number of piperidine rings is 1. The predicted octanol–water partition coefficient (Wildman–Crippen LogP) is 2.88. The van der Waals surface area contributed by atoms with Gasteiger partial charge in [-0.15, -0.1) is 11.6 Å². The lowest BCUT2D eigenvalue weighted by molar-refractivity contribution is 0.134. The SMILES string of the molecule is CC1CN(C2CCCC2)CCC1Cl. The van der Waals surface area contributed by atoms with Gasteiger partial charge in [-0.05, 0) is 31.7 Å². The van der Waals surface area contributed by atoms with Gasteiger partial charge >= 0.3 is 0 Å². The highest BCUT2D eigenvalue weighted by Gasteiger charge is 2.29. The standard InChI is InChI=1S/C11H20ClN/c1-9-8-13(7-6-11(9)12)10-4-2-3-5-10/h9-11H,2-8H2,1H3. The molecule has 1 heterocycles. The van der Waals surface area contributed by atoms with Crippen LogP contribution in [-0.2, 0) is 0 Å². The van der Waals surface area contributed by atoms with Gasteiger partial charge < -0.3 is 4.90 Å². The first-order valence-corrected chi connectivity index (χ1v) is 6.09. The Labute approximate surface area is 86.4 Å². The third-order valence-electron chi connectivity index (χ3n) is 3.67. The van der Waals surface area contributed by atoms with Crippen molar-refractivity contribution in [2.24, 2.45) is 5.92 Å². The summed E-state index contributed by atoms with van der Waals surface area (Å²) in [4.78, 5) is 2.68. The van der Waals surface area contributed by atoms with Crippen LogP contribution < -0.4 is 0 Å². The van der Waals surface area contributed by atoms with Crippen LogP contribution in [0.15, 0.2) is 0 Å². The van der Waals surface area contributed by atoms with E-state index in [2.05, 4.69) is 11.8 Å². The van der Waals surface area contributed by atoms with Crippen LogP contribution in [0, 0.1) is 5.92 Å². The van der Waals surface area contributed by atoms with E-state index >= 15 is 0 Å². The zero-order valence-corrected chi connectivity index (χ0v) is 9.26. The quantitative estimate of drug-likeness (QED) is 0.590. The number of halogens is 1. The van der Waals surface area contributed by atoms with E-state index in [1.165, 1.54) is 45.2 Å². The van der Waals surface area contributed by atoms with Crippen LogP contribution >= 0.6 is 11.6 Å². The molecule has 13 heavy (non-hydrogen) atoms. The Bertz CT molecular complexity index is 165. The number of likely N-dealkylation sites (tertiary alicyclic amines) is 1. The second-order valence-electron chi connectivity index (χ2n) is 4.72. The van der Waals surface area contributed by atoms with Crippen LogP contribution in [0.4, 0.5) is 0 Å². The van der Waals surface area contributed by atoms with Gasteiger partial charge in [-0.1, -0.05) is 19.8 Å². The summed E-state index contributed by atoms with van der Waals surface area (Å²) in [6.45, 7) is 4.76. The van der Waals surface area contributed by atoms with Crippen LogP contribution in [0.5, 0.6) is 0 Å². The third kappa shape index (κ3) is 2.19. The van der Waals surface area contributed by atoms with Crippen LogP contribution in [0.25, 0.3) is 0 Å². The van der Waals surface area contributed by atoms with Gasteiger partial charge in [0.1, 0.15) is 0 Å². The van der Waals surface area contributed by atoms with Crippen LogP contribution in [-0.4, -0.2) is 29.4 Å². The smallest absolute Gasteiger partial charge is 0.0386 e. The van der Waals surface area contributed by atoms with Crippen LogP contribution in [0.3, 0.4) is 0 Å². The zero-order chi connectivity index (χ0) is 9.26. The Hall–Kier alpha value is 0.250. The summed E-state index contributed by atoms with van der Waals surface area (Å²) in [7, 11) is 0. The molecule has 1 saturated carbocycles. The molecule has 2 heteroatoms. The van der Waals surface area contributed by atoms with E-state index in [1.54, 1.807) is 0 Å². The van der Waals surface area contributed by atoms with Gasteiger partial charge in [0.25, 0.3) is 0 Å². The first-order chi connectivity index (χ1) is 6.27. The lowest BCUT2D eigenvalue weighted by atomic mass is 9.97. The van der Waals surface area contributed by atoms with Gasteiger partial charge in [-0.3, -0.25) is 0 Å². The lowest BCUT2D eigenvalue weighted by Crippen LogP contribution is -2.44. The van der Waals surface area contributed by atoms with Gasteiger partial charge in [0.15, 0.2) is 0 Å². The molecule has 76 valence electrons. The molecule has 1 saturated heterocycles. The van der Waals surface area contributed by atoms with Crippen molar-refractivity contribution in [1.82, 2.24) is 4.90 Å². The van der Waals surface area contributed by atoms with E-state index in [1.807, 2.05) is 0 Å². The third-order valence-corrected chi connectivity index (χ3v) is 4.32. The Morgan fingerprint density at radius 3 is 2.46 bits per heavy atom. The molecule has 0 bridgehead atoms. The largest absolute Gasteiger partial charge is 0.300 e. The van der Waals surface area contributed by atoms with Crippen LogP contribution in [0.1, 0.15) is 39.0 Å². The molecule has 2 atom stereocenters. The second kappa shape index (κ2) is 4.18. The number of hydrogen-bond acceptors (Lipinski definition) is 1. The summed E-state index contributed by atoms with van der Waals surface area (Å²) in [5, 5.41) is 0.428. The summed E-state index contributed by atoms with van der Waals surface area (Å²) >= 11 is 6.21. The van der Waals surface area contributed by atoms with E-state index in [4.69, 9.17) is 11.6 Å². The molecule has 1 nitrogen and oxygen atoms in total. The minimum atomic E-state index is 0.428. The molecule has 1 aliphatic carbocycles. The maximum atomic E-state index is 6.21. The van der Waals surface area contributed by atoms with E-state index in [-0.39, 0.29) is 0 Å². The highest BCUT2D eigenvalue weighted by molar-refractivity contribution is 6.20. The van der Waals surface area contributed by atoms with Gasteiger partial charge in [-0.2, -0.15) is 0 Å². The monoisotopic (exact) mass is 201 g/mol. The van der Waals surface area contributed by atoms with Crippen molar-refractivity contribution in [3.8, 4) is 0 Å². The molecule has 1 aliphatic heterocycles. The summed E-state index contributed by atoms with van der Waals surface area (Å²) in [6.07, 6.45) is 6.94. The van der Waals surface area contributed by atoms with Crippen molar-refractivity contribution in [3.05, 3.63) is 0 Å². The van der Waals surface area contributed by atoms with Crippen molar-refractivity contribution >= 4 is 11.6 Å². The Morgan fingerprint density at radius 2 is 1.85 bits per heavy atom. The van der Waals surface area contributed by atoms with Gasteiger partial charge in [0.05, 0.1) is 0 Å². The topological polar surface area (TPSA) is 3.24 Å². The van der Waals surface area contributed by atoms with Gasteiger partial charge in [0, 0.05) is 18.0 Å². The molecule has 0 amide bonds. The van der Waals surface area contributed by atoms with E-state index < -0.39 is 0 Å². The summed E-state index contributed by atoms with van der Waals surface area (Å²) in [6, 6.07) is 0.895. The molecule has 0 aromatic carbocycles. The molecule has 0 N–H and O–H groups in total. The molecule has 2 fully saturated rings. The maximum absolute atomic E-state index is 6.21.